The highest BCUT2D eigenvalue weighted by atomic mass is 16.6. The minimum absolute atomic E-state index is 0.0496. The maximum absolute atomic E-state index is 11.2. The Balaban J connectivity index is 1.89. The van der Waals surface area contributed by atoms with E-state index in [-0.39, 0.29) is 30.5 Å². The van der Waals surface area contributed by atoms with Crippen molar-refractivity contribution in [3.8, 4) is 0 Å². The average Bonchev–Trinajstić information content (AvgIpc) is 2.72. The second-order valence-corrected chi connectivity index (χ2v) is 7.84. The molecule has 0 spiro atoms. The SMILES string of the molecule is COC(=O)CC=C[C@@H](C)[C@@H](C=NOC(C)CN1CCCc2nc(C)c(C)cc21)OC. The Kier molecular flexibility index (Phi) is 9.30. The van der Waals surface area contributed by atoms with Crippen molar-refractivity contribution in [2.75, 3.05) is 32.2 Å². The van der Waals surface area contributed by atoms with Gasteiger partial charge in [0.05, 0.1) is 37.7 Å². The molecule has 7 nitrogen and oxygen atoms in total. The van der Waals surface area contributed by atoms with Gasteiger partial charge in [-0.1, -0.05) is 24.2 Å². The number of nitrogens with zero attached hydrogens (tertiary/aromatic N) is 3. The molecule has 2 heterocycles. The van der Waals surface area contributed by atoms with Crippen molar-refractivity contribution >= 4 is 17.9 Å². The third-order valence-corrected chi connectivity index (χ3v) is 5.37. The third-order valence-electron chi connectivity index (χ3n) is 5.37. The number of carbonyl (C=O) groups is 1. The molecule has 0 aliphatic carbocycles. The Morgan fingerprint density at radius 3 is 2.80 bits per heavy atom. The summed E-state index contributed by atoms with van der Waals surface area (Å²) in [4.78, 5) is 24.0. The summed E-state index contributed by atoms with van der Waals surface area (Å²) in [6.45, 7) is 9.93. The molecule has 0 saturated heterocycles. The third kappa shape index (κ3) is 6.83. The van der Waals surface area contributed by atoms with Crippen LogP contribution in [0.1, 0.15) is 43.6 Å². The van der Waals surface area contributed by atoms with E-state index in [1.165, 1.54) is 24.1 Å². The lowest BCUT2D eigenvalue weighted by atomic mass is 10.0. The summed E-state index contributed by atoms with van der Waals surface area (Å²) < 4.78 is 10.1. The van der Waals surface area contributed by atoms with Gasteiger partial charge >= 0.3 is 5.97 Å². The van der Waals surface area contributed by atoms with Crippen LogP contribution < -0.4 is 4.90 Å². The summed E-state index contributed by atoms with van der Waals surface area (Å²) in [7, 11) is 3.01. The number of oxime groups is 1. The van der Waals surface area contributed by atoms with Crippen molar-refractivity contribution in [3.63, 3.8) is 0 Å². The van der Waals surface area contributed by atoms with E-state index in [0.717, 1.165) is 31.6 Å². The summed E-state index contributed by atoms with van der Waals surface area (Å²) >= 11 is 0. The average molecular weight is 418 g/mol. The van der Waals surface area contributed by atoms with Gasteiger partial charge in [0.15, 0.2) is 0 Å². The summed E-state index contributed by atoms with van der Waals surface area (Å²) in [5, 5.41) is 4.16. The molecule has 0 aromatic carbocycles. The summed E-state index contributed by atoms with van der Waals surface area (Å²) in [5.41, 5.74) is 4.70. The van der Waals surface area contributed by atoms with Gasteiger partial charge in [-0.2, -0.15) is 0 Å². The molecule has 0 radical (unpaired) electrons. The maximum Gasteiger partial charge on any atom is 0.309 e. The van der Waals surface area contributed by atoms with Crippen LogP contribution >= 0.6 is 0 Å². The zero-order valence-corrected chi connectivity index (χ0v) is 19.1. The number of hydrogen-bond donors (Lipinski definition) is 0. The van der Waals surface area contributed by atoms with Crippen LogP contribution in [0.5, 0.6) is 0 Å². The smallest absolute Gasteiger partial charge is 0.309 e. The van der Waals surface area contributed by atoms with E-state index in [1.54, 1.807) is 19.4 Å². The molecule has 1 aromatic heterocycles. The van der Waals surface area contributed by atoms with Gasteiger partial charge in [-0.3, -0.25) is 9.78 Å². The molecule has 2 rings (SSSR count). The second-order valence-electron chi connectivity index (χ2n) is 7.84. The molecule has 7 heteroatoms. The van der Waals surface area contributed by atoms with Gasteiger partial charge in [0.25, 0.3) is 0 Å². The number of fused-ring (bicyclic) bond motifs is 1. The minimum Gasteiger partial charge on any atom is -0.469 e. The fraction of sp³-hybridized carbons (Fsp3) is 0.609. The molecule has 3 atom stereocenters. The maximum atomic E-state index is 11.2. The van der Waals surface area contributed by atoms with Crippen LogP contribution in [0.3, 0.4) is 0 Å². The van der Waals surface area contributed by atoms with Gasteiger partial charge in [-0.05, 0) is 45.2 Å². The lowest BCUT2D eigenvalue weighted by Gasteiger charge is -2.32. The van der Waals surface area contributed by atoms with Crippen LogP contribution in [0.15, 0.2) is 23.4 Å². The highest BCUT2D eigenvalue weighted by Gasteiger charge is 2.21. The first-order valence-electron chi connectivity index (χ1n) is 10.5. The summed E-state index contributed by atoms with van der Waals surface area (Å²) in [6.07, 6.45) is 7.42. The van der Waals surface area contributed by atoms with Crippen molar-refractivity contribution in [2.45, 2.75) is 59.2 Å². The van der Waals surface area contributed by atoms with Gasteiger partial charge in [0.1, 0.15) is 12.2 Å². The van der Waals surface area contributed by atoms with E-state index < -0.39 is 0 Å². The molecule has 30 heavy (non-hydrogen) atoms. The molecular weight excluding hydrogens is 382 g/mol. The fourth-order valence-corrected chi connectivity index (χ4v) is 3.47. The standard InChI is InChI=1S/C23H35N3O4/c1-16(9-7-11-23(27)29-6)22(28-5)14-24-30-18(3)15-26-12-8-10-20-21(26)13-17(2)19(4)25-20/h7,9,13-14,16,18,22H,8,10-12,15H2,1-6H3/t16-,18?,22-/m1/s1. The Hall–Kier alpha value is -2.41. The van der Waals surface area contributed by atoms with E-state index in [9.17, 15) is 4.79 Å². The van der Waals surface area contributed by atoms with Crippen LogP contribution in [0.4, 0.5) is 5.69 Å². The predicted molar refractivity (Wildman–Crippen MR) is 119 cm³/mol. The zero-order valence-electron chi connectivity index (χ0n) is 19.1. The molecule has 1 aliphatic heterocycles. The molecule has 0 bridgehead atoms. The predicted octanol–water partition coefficient (Wildman–Crippen LogP) is 3.61. The minimum atomic E-state index is -0.266. The molecule has 1 aromatic rings. The topological polar surface area (TPSA) is 73.3 Å². The van der Waals surface area contributed by atoms with E-state index in [1.807, 2.05) is 19.9 Å². The van der Waals surface area contributed by atoms with Crippen LogP contribution in [0.2, 0.25) is 0 Å². The van der Waals surface area contributed by atoms with Gasteiger partial charge < -0.3 is 19.2 Å². The van der Waals surface area contributed by atoms with Gasteiger partial charge in [0, 0.05) is 25.3 Å². The van der Waals surface area contributed by atoms with E-state index in [4.69, 9.17) is 14.6 Å². The number of methoxy groups -OCH3 is 2. The summed E-state index contributed by atoms with van der Waals surface area (Å²) in [5.74, 6) is -0.216. The molecular formula is C23H35N3O4. The van der Waals surface area contributed by atoms with Crippen LogP contribution in [0, 0.1) is 19.8 Å². The molecule has 0 amide bonds. The molecule has 1 aliphatic rings. The Morgan fingerprint density at radius 2 is 2.10 bits per heavy atom. The van der Waals surface area contributed by atoms with Crippen molar-refractivity contribution in [2.24, 2.45) is 11.1 Å². The molecule has 1 unspecified atom stereocenters. The van der Waals surface area contributed by atoms with Crippen molar-refractivity contribution in [3.05, 3.63) is 35.2 Å². The number of hydrogen-bond acceptors (Lipinski definition) is 7. The first-order valence-corrected chi connectivity index (χ1v) is 10.5. The second kappa shape index (κ2) is 11.7. The number of aromatic nitrogens is 1. The highest BCUT2D eigenvalue weighted by molar-refractivity contribution is 5.71. The largest absolute Gasteiger partial charge is 0.469 e. The lowest BCUT2D eigenvalue weighted by molar-refractivity contribution is -0.139. The van der Waals surface area contributed by atoms with Crippen LogP contribution in [-0.2, 0) is 25.5 Å². The quantitative estimate of drug-likeness (QED) is 0.251. The molecule has 0 N–H and O–H groups in total. The first kappa shape index (κ1) is 23.9. The monoisotopic (exact) mass is 417 g/mol. The van der Waals surface area contributed by atoms with Crippen molar-refractivity contribution in [1.29, 1.82) is 0 Å². The van der Waals surface area contributed by atoms with Crippen molar-refractivity contribution in [1.82, 2.24) is 4.98 Å². The number of pyridine rings is 1. The number of anilines is 1. The Labute approximate surface area is 180 Å². The number of ether oxygens (including phenoxy) is 2. The van der Waals surface area contributed by atoms with E-state index >= 15 is 0 Å². The number of aryl methyl sites for hydroxylation is 3. The van der Waals surface area contributed by atoms with Gasteiger partial charge in [-0.15, -0.1) is 0 Å². The number of rotatable bonds is 10. The molecule has 166 valence electrons. The lowest BCUT2D eigenvalue weighted by Crippen LogP contribution is -2.36. The molecule has 0 fully saturated rings. The number of esters is 1. The Bertz CT molecular complexity index is 763. The van der Waals surface area contributed by atoms with E-state index in [2.05, 4.69) is 34.7 Å². The summed E-state index contributed by atoms with van der Waals surface area (Å²) in [6, 6.07) is 2.23. The van der Waals surface area contributed by atoms with Crippen molar-refractivity contribution < 1.29 is 19.1 Å². The zero-order chi connectivity index (χ0) is 22.1. The van der Waals surface area contributed by atoms with Crippen LogP contribution in [-0.4, -0.2) is 56.7 Å². The normalized spacial score (nSPS) is 17.1. The van der Waals surface area contributed by atoms with E-state index in [0.29, 0.717) is 0 Å². The number of carbonyl (C=O) groups excluding carboxylic acids is 1. The van der Waals surface area contributed by atoms with Crippen LogP contribution in [0.25, 0.3) is 0 Å². The molecule has 0 saturated carbocycles. The highest BCUT2D eigenvalue weighted by Crippen LogP contribution is 2.28. The first-order chi connectivity index (χ1) is 14.3. The van der Waals surface area contributed by atoms with Gasteiger partial charge in [0.2, 0.25) is 0 Å². The fourth-order valence-electron chi connectivity index (χ4n) is 3.47. The Morgan fingerprint density at radius 1 is 1.33 bits per heavy atom. The van der Waals surface area contributed by atoms with Gasteiger partial charge in [-0.25, -0.2) is 0 Å².